The van der Waals surface area contributed by atoms with Gasteiger partial charge in [0.2, 0.25) is 11.7 Å². The van der Waals surface area contributed by atoms with E-state index < -0.39 is 0 Å². The summed E-state index contributed by atoms with van der Waals surface area (Å²) in [5.74, 6) is 0.290. The molecule has 1 N–H and O–H groups in total. The van der Waals surface area contributed by atoms with Crippen LogP contribution >= 0.6 is 0 Å². The van der Waals surface area contributed by atoms with Crippen molar-refractivity contribution in [1.29, 1.82) is 0 Å². The Morgan fingerprint density at radius 1 is 1.00 bits per heavy atom. The van der Waals surface area contributed by atoms with Gasteiger partial charge in [0.05, 0.1) is 23.8 Å². The average Bonchev–Trinajstić information content (AvgIpc) is 3.13. The number of nitrogens with one attached hydrogen (secondary N) is 1. The van der Waals surface area contributed by atoms with Gasteiger partial charge in [0, 0.05) is 23.4 Å². The maximum Gasteiger partial charge on any atom is 0.260 e. The number of rotatable bonds is 5. The molecule has 7 nitrogen and oxygen atoms in total. The molecule has 0 aliphatic rings. The molecule has 8 heteroatoms. The minimum atomic E-state index is -0.375. The van der Waals surface area contributed by atoms with Crippen LogP contribution in [0.4, 0.5) is 10.1 Å². The first-order chi connectivity index (χ1) is 16.0. The van der Waals surface area contributed by atoms with Crippen molar-refractivity contribution >= 4 is 28.4 Å². The fourth-order valence-electron chi connectivity index (χ4n) is 3.84. The van der Waals surface area contributed by atoms with Crippen LogP contribution in [0, 0.1) is 5.82 Å². The average molecular weight is 442 g/mol. The van der Waals surface area contributed by atoms with E-state index in [1.165, 1.54) is 22.6 Å². The summed E-state index contributed by atoms with van der Waals surface area (Å²) in [6, 6.07) is 21.5. The lowest BCUT2D eigenvalue weighted by Crippen LogP contribution is -2.20. The number of halogens is 1. The lowest BCUT2D eigenvalue weighted by atomic mass is 10.1. The molecule has 0 spiro atoms. The van der Waals surface area contributed by atoms with Crippen LogP contribution in [0.2, 0.25) is 0 Å². The zero-order valence-corrected chi connectivity index (χ0v) is 17.7. The van der Waals surface area contributed by atoms with E-state index in [2.05, 4.69) is 10.3 Å². The summed E-state index contributed by atoms with van der Waals surface area (Å²) in [6.45, 7) is -0.0620. The number of hydrogen-bond acceptors (Lipinski definition) is 4. The molecule has 0 atom stereocenters. The first-order valence-corrected chi connectivity index (χ1v) is 10.2. The molecule has 0 aliphatic heterocycles. The van der Waals surface area contributed by atoms with Gasteiger partial charge in [-0.05, 0) is 48.5 Å². The van der Waals surface area contributed by atoms with Crippen LogP contribution in [0.15, 0.2) is 83.7 Å². The molecule has 0 unspecified atom stereocenters. The van der Waals surface area contributed by atoms with Crippen molar-refractivity contribution in [2.75, 3.05) is 12.4 Å². The number of fused-ring (bicyclic) bond motifs is 3. The molecule has 33 heavy (non-hydrogen) atoms. The normalized spacial score (nSPS) is 11.1. The minimum Gasteiger partial charge on any atom is -0.497 e. The van der Waals surface area contributed by atoms with Gasteiger partial charge in [-0.1, -0.05) is 18.2 Å². The SMILES string of the molecule is COc1cccc(NC(=O)Cn2c3ccccc3n3c(=O)cc(-c4ccc(F)cc4)nc23)c1. The van der Waals surface area contributed by atoms with Gasteiger partial charge in [0.15, 0.2) is 0 Å². The number of carbonyl (C=O) groups is 1. The summed E-state index contributed by atoms with van der Waals surface area (Å²) in [6.07, 6.45) is 0. The van der Waals surface area contributed by atoms with Crippen LogP contribution in [0.1, 0.15) is 0 Å². The van der Waals surface area contributed by atoms with E-state index >= 15 is 0 Å². The van der Waals surface area contributed by atoms with Crippen LogP contribution < -0.4 is 15.6 Å². The Labute approximate surface area is 187 Å². The Hall–Kier alpha value is -4.46. The summed E-state index contributed by atoms with van der Waals surface area (Å²) in [5.41, 5.74) is 2.65. The molecule has 164 valence electrons. The third kappa shape index (κ3) is 3.82. The van der Waals surface area contributed by atoms with Crippen LogP contribution in [0.3, 0.4) is 0 Å². The van der Waals surface area contributed by atoms with E-state index in [4.69, 9.17) is 4.74 Å². The molecular formula is C25H19FN4O3. The van der Waals surface area contributed by atoms with Crippen molar-refractivity contribution < 1.29 is 13.9 Å². The smallest absolute Gasteiger partial charge is 0.260 e. The van der Waals surface area contributed by atoms with Crippen molar-refractivity contribution in [1.82, 2.24) is 14.0 Å². The third-order valence-electron chi connectivity index (χ3n) is 5.35. The monoisotopic (exact) mass is 442 g/mol. The molecular weight excluding hydrogens is 423 g/mol. The number of benzene rings is 3. The first-order valence-electron chi connectivity index (χ1n) is 10.2. The van der Waals surface area contributed by atoms with Crippen LogP contribution in [-0.2, 0) is 11.3 Å². The second-order valence-electron chi connectivity index (χ2n) is 7.48. The highest BCUT2D eigenvalue weighted by Gasteiger charge is 2.17. The van der Waals surface area contributed by atoms with Gasteiger partial charge in [0.1, 0.15) is 18.1 Å². The van der Waals surface area contributed by atoms with E-state index in [-0.39, 0.29) is 23.8 Å². The Bertz CT molecular complexity index is 1550. The zero-order valence-electron chi connectivity index (χ0n) is 17.7. The van der Waals surface area contributed by atoms with Crippen molar-refractivity contribution in [3.8, 4) is 17.0 Å². The van der Waals surface area contributed by atoms with Gasteiger partial charge in [-0.25, -0.2) is 13.8 Å². The summed E-state index contributed by atoms with van der Waals surface area (Å²) in [7, 11) is 1.56. The number of methoxy groups -OCH3 is 1. The number of hydrogen-bond donors (Lipinski definition) is 1. The second kappa shape index (κ2) is 8.23. The molecule has 0 saturated heterocycles. The van der Waals surface area contributed by atoms with Crippen LogP contribution in [-0.4, -0.2) is 27.0 Å². The van der Waals surface area contributed by atoms with Gasteiger partial charge in [0.25, 0.3) is 5.56 Å². The summed E-state index contributed by atoms with van der Waals surface area (Å²) in [5, 5.41) is 2.85. The predicted octanol–water partition coefficient (Wildman–Crippen LogP) is 4.10. The van der Waals surface area contributed by atoms with E-state index in [1.807, 2.05) is 18.2 Å². The standard InChI is InChI=1S/C25H19FN4O3/c1-33-19-6-4-5-18(13-19)27-23(31)15-29-21-7-2-3-8-22(21)30-24(32)14-20(28-25(29)30)16-9-11-17(26)12-10-16/h2-14H,15H2,1H3,(H,27,31). The van der Waals surface area contributed by atoms with Gasteiger partial charge >= 0.3 is 0 Å². The number of aromatic nitrogens is 3. The van der Waals surface area contributed by atoms with Crippen molar-refractivity contribution in [3.63, 3.8) is 0 Å². The van der Waals surface area contributed by atoms with E-state index in [9.17, 15) is 14.0 Å². The lowest BCUT2D eigenvalue weighted by Gasteiger charge is -2.09. The Balaban J connectivity index is 1.61. The fourth-order valence-corrected chi connectivity index (χ4v) is 3.84. The van der Waals surface area contributed by atoms with Gasteiger partial charge in [-0.2, -0.15) is 0 Å². The predicted molar refractivity (Wildman–Crippen MR) is 124 cm³/mol. The van der Waals surface area contributed by atoms with Crippen molar-refractivity contribution in [2.45, 2.75) is 6.54 Å². The number of carbonyl (C=O) groups excluding carboxylic acids is 1. The molecule has 0 aliphatic carbocycles. The van der Waals surface area contributed by atoms with Crippen molar-refractivity contribution in [3.05, 3.63) is 95.0 Å². The highest BCUT2D eigenvalue weighted by molar-refractivity contribution is 5.93. The number of imidazole rings is 1. The zero-order chi connectivity index (χ0) is 22.9. The van der Waals surface area contributed by atoms with Crippen LogP contribution in [0.25, 0.3) is 28.1 Å². The minimum absolute atomic E-state index is 0.0620. The third-order valence-corrected chi connectivity index (χ3v) is 5.35. The first kappa shape index (κ1) is 20.4. The lowest BCUT2D eigenvalue weighted by molar-refractivity contribution is -0.116. The number of para-hydroxylation sites is 2. The molecule has 0 bridgehead atoms. The Morgan fingerprint density at radius 2 is 1.76 bits per heavy atom. The molecule has 3 aromatic carbocycles. The molecule has 0 radical (unpaired) electrons. The van der Waals surface area contributed by atoms with Gasteiger partial charge in [-0.15, -0.1) is 0 Å². The fraction of sp³-hybridized carbons (Fsp3) is 0.0800. The second-order valence-corrected chi connectivity index (χ2v) is 7.48. The molecule has 0 saturated carbocycles. The highest BCUT2D eigenvalue weighted by atomic mass is 19.1. The summed E-state index contributed by atoms with van der Waals surface area (Å²) < 4.78 is 21.7. The maximum atomic E-state index is 13.4. The highest BCUT2D eigenvalue weighted by Crippen LogP contribution is 2.23. The van der Waals surface area contributed by atoms with Crippen molar-refractivity contribution in [2.24, 2.45) is 0 Å². The quantitative estimate of drug-likeness (QED) is 0.445. The Morgan fingerprint density at radius 3 is 2.52 bits per heavy atom. The topological polar surface area (TPSA) is 77.6 Å². The van der Waals surface area contributed by atoms with Crippen LogP contribution in [0.5, 0.6) is 5.75 Å². The summed E-state index contributed by atoms with van der Waals surface area (Å²) in [4.78, 5) is 30.6. The largest absolute Gasteiger partial charge is 0.497 e. The molecule has 1 amide bonds. The van der Waals surface area contributed by atoms with E-state index in [0.29, 0.717) is 39.5 Å². The number of amides is 1. The number of anilines is 1. The Kier molecular flexibility index (Phi) is 5.10. The molecule has 2 heterocycles. The van der Waals surface area contributed by atoms with E-state index in [0.717, 1.165) is 0 Å². The summed E-state index contributed by atoms with van der Waals surface area (Å²) >= 11 is 0. The molecule has 5 rings (SSSR count). The number of nitrogens with zero attached hydrogens (tertiary/aromatic N) is 3. The maximum absolute atomic E-state index is 13.4. The molecule has 2 aromatic heterocycles. The van der Waals surface area contributed by atoms with E-state index in [1.54, 1.807) is 54.1 Å². The van der Waals surface area contributed by atoms with Gasteiger partial charge < -0.3 is 14.6 Å². The molecule has 5 aromatic rings. The van der Waals surface area contributed by atoms with Gasteiger partial charge in [-0.3, -0.25) is 9.59 Å². The number of ether oxygens (including phenoxy) is 1. The molecule has 0 fully saturated rings.